The average molecular weight is 354 g/mol. The molecule has 0 unspecified atom stereocenters. The summed E-state index contributed by atoms with van der Waals surface area (Å²) in [5.41, 5.74) is 4.59. The van der Waals surface area contributed by atoms with Gasteiger partial charge in [-0.15, -0.1) is 0 Å². The number of nitrogens with zero attached hydrogens (tertiary/aromatic N) is 2. The largest absolute Gasteiger partial charge is 0.289 e. The van der Waals surface area contributed by atoms with E-state index in [2.05, 4.69) is 29.9 Å². The molecule has 3 rings (SSSR count). The summed E-state index contributed by atoms with van der Waals surface area (Å²) < 4.78 is 0. The van der Waals surface area contributed by atoms with Crippen LogP contribution in [-0.2, 0) is 6.54 Å². The second-order valence-corrected chi connectivity index (χ2v) is 6.13. The number of rotatable bonds is 7. The molecule has 0 heterocycles. The van der Waals surface area contributed by atoms with Gasteiger partial charge in [0, 0.05) is 23.5 Å². The molecule has 0 saturated heterocycles. The molecule has 27 heavy (non-hydrogen) atoms. The van der Waals surface area contributed by atoms with Crippen molar-refractivity contribution < 1.29 is 4.79 Å². The second kappa shape index (κ2) is 8.77. The van der Waals surface area contributed by atoms with Gasteiger partial charge in [0.05, 0.1) is 6.54 Å². The number of carbonyl (C=O) groups excluding carboxylic acids is 1. The van der Waals surface area contributed by atoms with E-state index in [9.17, 15) is 4.79 Å². The van der Waals surface area contributed by atoms with Crippen molar-refractivity contribution in [2.45, 2.75) is 13.5 Å². The fourth-order valence-electron chi connectivity index (χ4n) is 2.93. The van der Waals surface area contributed by atoms with Crippen LogP contribution in [0.3, 0.4) is 0 Å². The van der Waals surface area contributed by atoms with Gasteiger partial charge in [-0.05, 0) is 35.7 Å². The molecule has 0 N–H and O–H groups in total. The topological polar surface area (TPSA) is 32.7 Å². The third kappa shape index (κ3) is 4.59. The van der Waals surface area contributed by atoms with Crippen molar-refractivity contribution in [3.63, 3.8) is 0 Å². The van der Waals surface area contributed by atoms with Crippen LogP contribution in [0.5, 0.6) is 0 Å². The summed E-state index contributed by atoms with van der Waals surface area (Å²) in [6.45, 7) is 6.31. The summed E-state index contributed by atoms with van der Waals surface area (Å²) in [4.78, 5) is 12.7. The van der Waals surface area contributed by atoms with E-state index in [1.54, 1.807) is 17.4 Å². The van der Waals surface area contributed by atoms with Crippen molar-refractivity contribution >= 4 is 12.0 Å². The number of hydrogen-bond acceptors (Lipinski definition) is 3. The highest BCUT2D eigenvalue weighted by molar-refractivity contribution is 6.09. The maximum absolute atomic E-state index is 12.7. The number of ketones is 1. The minimum atomic E-state index is 0.0312. The molecular weight excluding hydrogens is 332 g/mol. The Kier molecular flexibility index (Phi) is 5.95. The van der Waals surface area contributed by atoms with Crippen molar-refractivity contribution in [3.8, 4) is 11.1 Å². The number of benzene rings is 3. The summed E-state index contributed by atoms with van der Waals surface area (Å²) in [6.07, 6.45) is 3.44. The molecule has 0 fully saturated rings. The lowest BCUT2D eigenvalue weighted by Gasteiger charge is -2.14. The third-order valence-electron chi connectivity index (χ3n) is 4.24. The molecule has 0 aliphatic rings. The van der Waals surface area contributed by atoms with Crippen LogP contribution in [0.1, 0.15) is 28.4 Å². The van der Waals surface area contributed by atoms with Gasteiger partial charge in [-0.25, -0.2) is 0 Å². The Labute approximate surface area is 160 Å². The lowest BCUT2D eigenvalue weighted by Crippen LogP contribution is -2.08. The van der Waals surface area contributed by atoms with Gasteiger partial charge in [0.15, 0.2) is 5.78 Å². The highest BCUT2D eigenvalue weighted by Gasteiger charge is 2.10. The van der Waals surface area contributed by atoms with Crippen LogP contribution in [0.15, 0.2) is 96.7 Å². The van der Waals surface area contributed by atoms with Gasteiger partial charge >= 0.3 is 0 Å². The van der Waals surface area contributed by atoms with Gasteiger partial charge < -0.3 is 0 Å². The molecule has 0 saturated carbocycles. The minimum absolute atomic E-state index is 0.0312. The standard InChI is InChI=1S/C24H22N2O/c1-3-25-26(4-2)18-19-10-8-13-21(16-19)22-14-9-15-23(17-22)24(27)20-11-6-5-7-12-20/h3-17H,2,18H2,1H3/b25-3-. The first kappa shape index (κ1) is 18.3. The zero-order chi connectivity index (χ0) is 19.1. The lowest BCUT2D eigenvalue weighted by atomic mass is 9.97. The Balaban J connectivity index is 1.88. The summed E-state index contributed by atoms with van der Waals surface area (Å²) in [5.74, 6) is 0.0312. The molecular formula is C24H22N2O. The van der Waals surface area contributed by atoms with E-state index < -0.39 is 0 Å². The molecule has 0 aromatic heterocycles. The van der Waals surface area contributed by atoms with Crippen LogP contribution in [0.2, 0.25) is 0 Å². The first-order valence-corrected chi connectivity index (χ1v) is 8.88. The zero-order valence-electron chi connectivity index (χ0n) is 15.4. The molecule has 3 nitrogen and oxygen atoms in total. The highest BCUT2D eigenvalue weighted by atomic mass is 16.1. The molecule has 0 aliphatic heterocycles. The average Bonchev–Trinajstić information content (AvgIpc) is 2.74. The Morgan fingerprint density at radius 3 is 2.30 bits per heavy atom. The van der Waals surface area contributed by atoms with E-state index in [-0.39, 0.29) is 5.78 Å². The van der Waals surface area contributed by atoms with Crippen LogP contribution in [0.4, 0.5) is 0 Å². The predicted molar refractivity (Wildman–Crippen MR) is 112 cm³/mol. The molecule has 3 aromatic carbocycles. The van der Waals surface area contributed by atoms with Crippen LogP contribution < -0.4 is 0 Å². The van der Waals surface area contributed by atoms with E-state index in [1.165, 1.54) is 0 Å². The van der Waals surface area contributed by atoms with Crippen molar-refractivity contribution in [1.29, 1.82) is 0 Å². The first-order chi connectivity index (χ1) is 13.2. The fraction of sp³-hybridized carbons (Fsp3) is 0.0833. The van der Waals surface area contributed by atoms with Gasteiger partial charge in [-0.3, -0.25) is 9.80 Å². The maximum atomic E-state index is 12.7. The summed E-state index contributed by atoms with van der Waals surface area (Å²) in [5, 5.41) is 6.04. The van der Waals surface area contributed by atoms with Gasteiger partial charge in [-0.1, -0.05) is 73.3 Å². The fourth-order valence-corrected chi connectivity index (χ4v) is 2.93. The van der Waals surface area contributed by atoms with E-state index in [1.807, 2.05) is 67.6 Å². The molecule has 0 spiro atoms. The van der Waals surface area contributed by atoms with Gasteiger partial charge in [0.1, 0.15) is 0 Å². The van der Waals surface area contributed by atoms with E-state index >= 15 is 0 Å². The molecule has 0 bridgehead atoms. The van der Waals surface area contributed by atoms with Gasteiger partial charge in [0.2, 0.25) is 0 Å². The van der Waals surface area contributed by atoms with Crippen LogP contribution in [0.25, 0.3) is 11.1 Å². The van der Waals surface area contributed by atoms with E-state index in [0.29, 0.717) is 17.7 Å². The van der Waals surface area contributed by atoms with Crippen LogP contribution in [0, 0.1) is 0 Å². The lowest BCUT2D eigenvalue weighted by molar-refractivity contribution is 0.103. The summed E-state index contributed by atoms with van der Waals surface area (Å²) in [7, 11) is 0. The van der Waals surface area contributed by atoms with E-state index in [0.717, 1.165) is 16.7 Å². The number of hydrogen-bond donors (Lipinski definition) is 0. The van der Waals surface area contributed by atoms with Crippen molar-refractivity contribution in [3.05, 3.63) is 108 Å². The van der Waals surface area contributed by atoms with Gasteiger partial charge in [0.25, 0.3) is 0 Å². The molecule has 0 aliphatic carbocycles. The number of hydrazone groups is 1. The second-order valence-electron chi connectivity index (χ2n) is 6.13. The van der Waals surface area contributed by atoms with Crippen molar-refractivity contribution in [2.75, 3.05) is 0 Å². The Hall–Kier alpha value is -3.46. The normalized spacial score (nSPS) is 10.7. The monoisotopic (exact) mass is 354 g/mol. The molecule has 3 heteroatoms. The quantitative estimate of drug-likeness (QED) is 0.317. The maximum Gasteiger partial charge on any atom is 0.193 e. The van der Waals surface area contributed by atoms with Crippen molar-refractivity contribution in [2.24, 2.45) is 5.10 Å². The Bertz CT molecular complexity index is 961. The molecule has 0 atom stereocenters. The van der Waals surface area contributed by atoms with Crippen LogP contribution >= 0.6 is 0 Å². The van der Waals surface area contributed by atoms with E-state index in [4.69, 9.17) is 0 Å². The van der Waals surface area contributed by atoms with Crippen molar-refractivity contribution in [1.82, 2.24) is 5.01 Å². The summed E-state index contributed by atoms with van der Waals surface area (Å²) >= 11 is 0. The van der Waals surface area contributed by atoms with Gasteiger partial charge in [-0.2, -0.15) is 5.10 Å². The first-order valence-electron chi connectivity index (χ1n) is 8.88. The smallest absolute Gasteiger partial charge is 0.193 e. The highest BCUT2D eigenvalue weighted by Crippen LogP contribution is 2.23. The molecule has 0 radical (unpaired) electrons. The predicted octanol–water partition coefficient (Wildman–Crippen LogP) is 5.54. The third-order valence-corrected chi connectivity index (χ3v) is 4.24. The Morgan fingerprint density at radius 2 is 1.59 bits per heavy atom. The molecule has 0 amide bonds. The Morgan fingerprint density at radius 1 is 0.926 bits per heavy atom. The SMILES string of the molecule is C=CN(Cc1cccc(-c2cccc(C(=O)c3ccccc3)c2)c1)/N=C\C. The zero-order valence-corrected chi connectivity index (χ0v) is 15.4. The molecule has 3 aromatic rings. The minimum Gasteiger partial charge on any atom is -0.289 e. The van der Waals surface area contributed by atoms with Crippen LogP contribution in [-0.4, -0.2) is 17.0 Å². The number of carbonyl (C=O) groups is 1. The molecule has 134 valence electrons. The summed E-state index contributed by atoms with van der Waals surface area (Å²) in [6, 6.07) is 25.4.